The van der Waals surface area contributed by atoms with Gasteiger partial charge in [0.25, 0.3) is 0 Å². The third kappa shape index (κ3) is 2.52. The molecule has 2 heteroatoms. The van der Waals surface area contributed by atoms with Gasteiger partial charge >= 0.3 is 0 Å². The Morgan fingerprint density at radius 1 is 1.70 bits per heavy atom. The second-order valence-electron chi connectivity index (χ2n) is 1.56. The summed E-state index contributed by atoms with van der Waals surface area (Å²) in [5.41, 5.74) is 0.444. The molecular weight excluding hydrogens is 146 g/mol. The standard InChI is InChI=1S/C8H8ClN/c1-3-5-7(6-10)8(9)4-2/h3-5H,1H2,2H3/b7-5-,8-4+. The molecule has 0 aliphatic rings. The summed E-state index contributed by atoms with van der Waals surface area (Å²) in [6, 6.07) is 1.94. The Morgan fingerprint density at radius 2 is 2.30 bits per heavy atom. The van der Waals surface area contributed by atoms with E-state index in [2.05, 4.69) is 6.58 Å². The van der Waals surface area contributed by atoms with Crippen molar-refractivity contribution in [3.05, 3.63) is 35.4 Å². The van der Waals surface area contributed by atoms with Crippen molar-refractivity contribution in [3.8, 4) is 6.07 Å². The summed E-state index contributed by atoms with van der Waals surface area (Å²) in [6.07, 6.45) is 4.77. The lowest BCUT2D eigenvalue weighted by molar-refractivity contribution is 1.48. The van der Waals surface area contributed by atoms with E-state index in [9.17, 15) is 0 Å². The fourth-order valence-electron chi connectivity index (χ4n) is 0.444. The zero-order chi connectivity index (χ0) is 7.98. The van der Waals surface area contributed by atoms with Crippen LogP contribution in [0.25, 0.3) is 0 Å². The Labute approximate surface area is 65.9 Å². The van der Waals surface area contributed by atoms with Crippen molar-refractivity contribution in [1.82, 2.24) is 0 Å². The van der Waals surface area contributed by atoms with Gasteiger partial charge in [-0.2, -0.15) is 5.26 Å². The second kappa shape index (κ2) is 4.84. The number of hydrogen-bond acceptors (Lipinski definition) is 1. The van der Waals surface area contributed by atoms with Gasteiger partial charge in [-0.1, -0.05) is 30.3 Å². The Hall–Kier alpha value is -1.00. The molecule has 0 aromatic heterocycles. The largest absolute Gasteiger partial charge is 0.192 e. The molecule has 0 N–H and O–H groups in total. The van der Waals surface area contributed by atoms with Gasteiger partial charge in [0.2, 0.25) is 0 Å². The number of hydrogen-bond donors (Lipinski definition) is 0. The van der Waals surface area contributed by atoms with Gasteiger partial charge in [-0.3, -0.25) is 0 Å². The fourth-order valence-corrected chi connectivity index (χ4v) is 0.549. The quantitative estimate of drug-likeness (QED) is 0.442. The molecule has 0 atom stereocenters. The number of nitriles is 1. The van der Waals surface area contributed by atoms with E-state index in [1.54, 1.807) is 19.1 Å². The lowest BCUT2D eigenvalue weighted by Gasteiger charge is -1.89. The Bertz CT molecular complexity index is 218. The van der Waals surface area contributed by atoms with Crippen molar-refractivity contribution >= 4 is 11.6 Å². The molecule has 0 saturated carbocycles. The Kier molecular flexibility index (Phi) is 4.36. The lowest BCUT2D eigenvalue weighted by Crippen LogP contribution is -1.75. The minimum Gasteiger partial charge on any atom is -0.192 e. The monoisotopic (exact) mass is 153 g/mol. The van der Waals surface area contributed by atoms with Crippen molar-refractivity contribution in [2.45, 2.75) is 6.92 Å². The van der Waals surface area contributed by atoms with Crippen LogP contribution in [0.4, 0.5) is 0 Å². The molecule has 0 spiro atoms. The predicted octanol–water partition coefficient (Wildman–Crippen LogP) is 2.76. The molecule has 0 aromatic rings. The fraction of sp³-hybridized carbons (Fsp3) is 0.125. The van der Waals surface area contributed by atoms with Crippen LogP contribution in [0.2, 0.25) is 0 Å². The highest BCUT2D eigenvalue weighted by atomic mass is 35.5. The van der Waals surface area contributed by atoms with Crippen LogP contribution in [-0.4, -0.2) is 0 Å². The van der Waals surface area contributed by atoms with E-state index < -0.39 is 0 Å². The minimum atomic E-state index is 0.444. The molecule has 0 fully saturated rings. The molecule has 1 nitrogen and oxygen atoms in total. The van der Waals surface area contributed by atoms with Gasteiger partial charge in [0.1, 0.15) is 6.07 Å². The van der Waals surface area contributed by atoms with Gasteiger partial charge in [-0.25, -0.2) is 0 Å². The van der Waals surface area contributed by atoms with Crippen LogP contribution < -0.4 is 0 Å². The molecule has 0 amide bonds. The number of allylic oxidation sites excluding steroid dienone is 5. The summed E-state index contributed by atoms with van der Waals surface area (Å²) in [7, 11) is 0. The van der Waals surface area contributed by atoms with Crippen LogP contribution in [0, 0.1) is 11.3 Å². The molecule has 0 aliphatic carbocycles. The average Bonchev–Trinajstić information content (AvgIpc) is 1.99. The van der Waals surface area contributed by atoms with Crippen molar-refractivity contribution in [2.24, 2.45) is 0 Å². The minimum absolute atomic E-state index is 0.444. The van der Waals surface area contributed by atoms with Gasteiger partial charge in [-0.05, 0) is 13.0 Å². The van der Waals surface area contributed by atoms with Crippen molar-refractivity contribution in [2.75, 3.05) is 0 Å². The summed E-state index contributed by atoms with van der Waals surface area (Å²) in [5.74, 6) is 0. The van der Waals surface area contributed by atoms with E-state index in [0.717, 1.165) is 0 Å². The van der Waals surface area contributed by atoms with E-state index in [4.69, 9.17) is 16.9 Å². The van der Waals surface area contributed by atoms with Crippen LogP contribution >= 0.6 is 11.6 Å². The summed E-state index contributed by atoms with van der Waals surface area (Å²) < 4.78 is 0. The Balaban J connectivity index is 4.56. The van der Waals surface area contributed by atoms with Crippen LogP contribution in [0.15, 0.2) is 35.4 Å². The summed E-state index contributed by atoms with van der Waals surface area (Å²) in [6.45, 7) is 5.23. The van der Waals surface area contributed by atoms with Crippen molar-refractivity contribution in [3.63, 3.8) is 0 Å². The molecule has 0 radical (unpaired) electrons. The van der Waals surface area contributed by atoms with Crippen molar-refractivity contribution in [1.29, 1.82) is 5.26 Å². The van der Waals surface area contributed by atoms with E-state index in [0.29, 0.717) is 10.6 Å². The SMILES string of the molecule is C=C/C=C(C#N)\C(Cl)=C/C. The molecule has 0 saturated heterocycles. The van der Waals surface area contributed by atoms with E-state index >= 15 is 0 Å². The molecule has 0 aromatic carbocycles. The third-order valence-electron chi connectivity index (χ3n) is 0.916. The molecule has 10 heavy (non-hydrogen) atoms. The van der Waals surface area contributed by atoms with Gasteiger partial charge in [0.05, 0.1) is 10.6 Å². The molecule has 52 valence electrons. The summed E-state index contributed by atoms with van der Waals surface area (Å²) in [5, 5.41) is 8.93. The van der Waals surface area contributed by atoms with Crippen LogP contribution in [-0.2, 0) is 0 Å². The first kappa shape index (κ1) is 9.00. The van der Waals surface area contributed by atoms with Crippen LogP contribution in [0.5, 0.6) is 0 Å². The van der Waals surface area contributed by atoms with Gasteiger partial charge in [0, 0.05) is 0 Å². The average molecular weight is 154 g/mol. The van der Waals surface area contributed by atoms with Gasteiger partial charge < -0.3 is 0 Å². The maximum atomic E-state index is 8.47. The highest BCUT2D eigenvalue weighted by molar-refractivity contribution is 6.32. The van der Waals surface area contributed by atoms with Crippen LogP contribution in [0.3, 0.4) is 0 Å². The smallest absolute Gasteiger partial charge is 0.101 e. The second-order valence-corrected chi connectivity index (χ2v) is 1.97. The first-order chi connectivity index (χ1) is 4.76. The number of nitrogens with zero attached hydrogens (tertiary/aromatic N) is 1. The molecule has 0 unspecified atom stereocenters. The molecule has 0 rings (SSSR count). The molecule has 0 aliphatic heterocycles. The van der Waals surface area contributed by atoms with E-state index in [1.807, 2.05) is 6.07 Å². The zero-order valence-corrected chi connectivity index (χ0v) is 6.52. The first-order valence-corrected chi connectivity index (χ1v) is 3.19. The maximum Gasteiger partial charge on any atom is 0.101 e. The highest BCUT2D eigenvalue weighted by Crippen LogP contribution is 2.12. The van der Waals surface area contributed by atoms with E-state index in [1.165, 1.54) is 6.08 Å². The lowest BCUT2D eigenvalue weighted by atomic mass is 10.2. The molecular formula is C8H8ClN. The van der Waals surface area contributed by atoms with Crippen LogP contribution in [0.1, 0.15) is 6.92 Å². The predicted molar refractivity (Wildman–Crippen MR) is 43.5 cm³/mol. The first-order valence-electron chi connectivity index (χ1n) is 2.81. The maximum absolute atomic E-state index is 8.47. The third-order valence-corrected chi connectivity index (χ3v) is 1.34. The summed E-state index contributed by atoms with van der Waals surface area (Å²) >= 11 is 5.63. The topological polar surface area (TPSA) is 23.8 Å². The highest BCUT2D eigenvalue weighted by Gasteiger charge is 1.95. The molecule has 0 heterocycles. The normalized spacial score (nSPS) is 12.5. The van der Waals surface area contributed by atoms with Gasteiger partial charge in [0.15, 0.2) is 0 Å². The van der Waals surface area contributed by atoms with E-state index in [-0.39, 0.29) is 0 Å². The zero-order valence-electron chi connectivity index (χ0n) is 5.76. The summed E-state index contributed by atoms with van der Waals surface area (Å²) in [4.78, 5) is 0. The number of rotatable bonds is 2. The molecule has 0 bridgehead atoms. The van der Waals surface area contributed by atoms with Gasteiger partial charge in [-0.15, -0.1) is 0 Å². The number of halogens is 1. The van der Waals surface area contributed by atoms with Crippen molar-refractivity contribution < 1.29 is 0 Å². The Morgan fingerprint density at radius 3 is 2.60 bits per heavy atom.